The molecule has 150 valence electrons. The van der Waals surface area contributed by atoms with Crippen LogP contribution in [0, 0.1) is 0 Å². The number of ether oxygens (including phenoxy) is 3. The van der Waals surface area contributed by atoms with Crippen molar-refractivity contribution in [2.45, 2.75) is 19.8 Å². The van der Waals surface area contributed by atoms with Gasteiger partial charge in [-0.05, 0) is 36.1 Å². The summed E-state index contributed by atoms with van der Waals surface area (Å²) in [5.74, 6) is -0.983. The Labute approximate surface area is 166 Å². The molecule has 0 atom stereocenters. The number of hydrogen-bond donors (Lipinski definition) is 2. The van der Waals surface area contributed by atoms with Crippen molar-refractivity contribution in [3.05, 3.63) is 40.8 Å². The van der Waals surface area contributed by atoms with E-state index in [1.807, 2.05) is 0 Å². The Morgan fingerprint density at radius 2 is 1.96 bits per heavy atom. The molecule has 0 spiro atoms. The van der Waals surface area contributed by atoms with Crippen LogP contribution in [-0.4, -0.2) is 38.1 Å². The summed E-state index contributed by atoms with van der Waals surface area (Å²) in [6.45, 7) is 2.10. The number of carbonyl (C=O) groups is 3. The van der Waals surface area contributed by atoms with E-state index in [4.69, 9.17) is 19.9 Å². The zero-order valence-electron chi connectivity index (χ0n) is 15.7. The van der Waals surface area contributed by atoms with Crippen LogP contribution in [0.3, 0.4) is 0 Å². The molecule has 2 amide bonds. The molecule has 0 aliphatic carbocycles. The zero-order chi connectivity index (χ0) is 20.5. The van der Waals surface area contributed by atoms with Crippen LogP contribution in [0.1, 0.15) is 40.5 Å². The number of unbranched alkanes of at least 4 members (excludes halogenated alkanes) is 1. The van der Waals surface area contributed by atoms with Gasteiger partial charge in [0.05, 0.1) is 24.8 Å². The molecule has 1 aromatic heterocycles. The van der Waals surface area contributed by atoms with Gasteiger partial charge in [-0.15, -0.1) is 11.3 Å². The molecule has 0 aliphatic rings. The summed E-state index contributed by atoms with van der Waals surface area (Å²) >= 11 is 1.15. The second-order valence-corrected chi connectivity index (χ2v) is 6.64. The molecule has 0 unspecified atom stereocenters. The van der Waals surface area contributed by atoms with Gasteiger partial charge in [0.2, 0.25) is 0 Å². The number of methoxy groups -OCH3 is 1. The highest BCUT2D eigenvalue weighted by Gasteiger charge is 2.16. The highest BCUT2D eigenvalue weighted by Crippen LogP contribution is 2.28. The maximum absolute atomic E-state index is 12.2. The SMILES string of the molecule is CCCCOc1ccc(C(=O)OCC(=O)Nc2sccc2C(N)=O)cc1OC. The largest absolute Gasteiger partial charge is 0.493 e. The Morgan fingerprint density at radius 3 is 2.64 bits per heavy atom. The summed E-state index contributed by atoms with van der Waals surface area (Å²) in [6.07, 6.45) is 1.91. The second-order valence-electron chi connectivity index (χ2n) is 5.72. The molecule has 0 aliphatic heterocycles. The van der Waals surface area contributed by atoms with Crippen molar-refractivity contribution in [2.75, 3.05) is 25.6 Å². The standard InChI is InChI=1S/C19H22N2O6S/c1-3-4-8-26-14-6-5-12(10-15(14)25-2)19(24)27-11-16(22)21-18-13(17(20)23)7-9-28-18/h5-7,9-10H,3-4,8,11H2,1-2H3,(H2,20,23)(H,21,22). The zero-order valence-corrected chi connectivity index (χ0v) is 16.5. The molecule has 1 aromatic carbocycles. The van der Waals surface area contributed by atoms with Crippen LogP contribution in [0.5, 0.6) is 11.5 Å². The second kappa shape index (κ2) is 10.3. The summed E-state index contributed by atoms with van der Waals surface area (Å²) in [6, 6.07) is 6.15. The van der Waals surface area contributed by atoms with E-state index >= 15 is 0 Å². The van der Waals surface area contributed by atoms with Crippen molar-refractivity contribution < 1.29 is 28.6 Å². The average molecular weight is 406 g/mol. The van der Waals surface area contributed by atoms with Gasteiger partial charge in [0, 0.05) is 0 Å². The maximum Gasteiger partial charge on any atom is 0.338 e. The predicted molar refractivity (Wildman–Crippen MR) is 105 cm³/mol. The quantitative estimate of drug-likeness (QED) is 0.463. The van der Waals surface area contributed by atoms with E-state index in [1.54, 1.807) is 11.4 Å². The molecule has 0 fully saturated rings. The molecular formula is C19H22N2O6S. The number of rotatable bonds is 10. The van der Waals surface area contributed by atoms with E-state index in [2.05, 4.69) is 12.2 Å². The first kappa shape index (κ1) is 21.2. The van der Waals surface area contributed by atoms with Gasteiger partial charge in [-0.25, -0.2) is 4.79 Å². The lowest BCUT2D eigenvalue weighted by molar-refractivity contribution is -0.119. The Bertz CT molecular complexity index is 849. The number of nitrogens with one attached hydrogen (secondary N) is 1. The Hall–Kier alpha value is -3.07. The van der Waals surface area contributed by atoms with E-state index < -0.39 is 24.4 Å². The lowest BCUT2D eigenvalue weighted by Gasteiger charge is -2.12. The van der Waals surface area contributed by atoms with Crippen LogP contribution in [0.15, 0.2) is 29.6 Å². The third kappa shape index (κ3) is 5.71. The Morgan fingerprint density at radius 1 is 1.18 bits per heavy atom. The number of anilines is 1. The summed E-state index contributed by atoms with van der Waals surface area (Å²) in [5.41, 5.74) is 5.65. The normalized spacial score (nSPS) is 10.2. The molecule has 2 rings (SSSR count). The third-order valence-electron chi connectivity index (χ3n) is 3.67. The van der Waals surface area contributed by atoms with Gasteiger partial charge in [0.1, 0.15) is 5.00 Å². The molecule has 2 aromatic rings. The lowest BCUT2D eigenvalue weighted by atomic mass is 10.2. The van der Waals surface area contributed by atoms with E-state index in [1.165, 1.54) is 25.3 Å². The molecule has 9 heteroatoms. The maximum atomic E-state index is 12.2. The van der Waals surface area contributed by atoms with Crippen molar-refractivity contribution in [2.24, 2.45) is 5.73 Å². The van der Waals surface area contributed by atoms with Gasteiger partial charge < -0.3 is 25.3 Å². The van der Waals surface area contributed by atoms with Gasteiger partial charge in [0.15, 0.2) is 18.1 Å². The van der Waals surface area contributed by atoms with Crippen molar-refractivity contribution in [3.8, 4) is 11.5 Å². The number of nitrogens with two attached hydrogens (primary N) is 1. The van der Waals surface area contributed by atoms with Crippen LogP contribution in [0.4, 0.5) is 5.00 Å². The topological polar surface area (TPSA) is 117 Å². The molecular weight excluding hydrogens is 384 g/mol. The minimum atomic E-state index is -0.685. The van der Waals surface area contributed by atoms with Gasteiger partial charge in [-0.3, -0.25) is 9.59 Å². The molecule has 3 N–H and O–H groups in total. The van der Waals surface area contributed by atoms with E-state index in [9.17, 15) is 14.4 Å². The van der Waals surface area contributed by atoms with Crippen LogP contribution < -0.4 is 20.5 Å². The number of hydrogen-bond acceptors (Lipinski definition) is 7. The first-order chi connectivity index (χ1) is 13.5. The Balaban J connectivity index is 1.94. The molecule has 0 saturated carbocycles. The smallest absolute Gasteiger partial charge is 0.338 e. The number of primary amides is 1. The molecule has 8 nitrogen and oxygen atoms in total. The fourth-order valence-corrected chi connectivity index (χ4v) is 3.03. The number of esters is 1. The first-order valence-electron chi connectivity index (χ1n) is 8.61. The fraction of sp³-hybridized carbons (Fsp3) is 0.316. The van der Waals surface area contributed by atoms with Gasteiger partial charge in [0.25, 0.3) is 11.8 Å². The summed E-state index contributed by atoms with van der Waals surface area (Å²) in [7, 11) is 1.47. The number of thiophene rings is 1. The van der Waals surface area contributed by atoms with Crippen molar-refractivity contribution >= 4 is 34.1 Å². The van der Waals surface area contributed by atoms with E-state index in [0.717, 1.165) is 24.2 Å². The summed E-state index contributed by atoms with van der Waals surface area (Å²) in [5, 5.41) is 4.43. The highest BCUT2D eigenvalue weighted by atomic mass is 32.1. The van der Waals surface area contributed by atoms with Crippen molar-refractivity contribution in [1.82, 2.24) is 0 Å². The minimum Gasteiger partial charge on any atom is -0.493 e. The summed E-state index contributed by atoms with van der Waals surface area (Å²) in [4.78, 5) is 35.4. The number of benzene rings is 1. The van der Waals surface area contributed by atoms with Crippen LogP contribution >= 0.6 is 11.3 Å². The van der Waals surface area contributed by atoms with Crippen LogP contribution in [-0.2, 0) is 9.53 Å². The van der Waals surface area contributed by atoms with E-state index in [0.29, 0.717) is 23.1 Å². The molecule has 28 heavy (non-hydrogen) atoms. The Kier molecular flexibility index (Phi) is 7.82. The summed E-state index contributed by atoms with van der Waals surface area (Å²) < 4.78 is 15.9. The fourth-order valence-electron chi connectivity index (χ4n) is 2.22. The number of amides is 2. The molecule has 1 heterocycles. The third-order valence-corrected chi connectivity index (χ3v) is 4.50. The predicted octanol–water partition coefficient (Wildman–Crippen LogP) is 2.83. The van der Waals surface area contributed by atoms with Gasteiger partial charge in [-0.2, -0.15) is 0 Å². The average Bonchev–Trinajstić information content (AvgIpc) is 3.14. The van der Waals surface area contributed by atoms with Gasteiger partial charge in [-0.1, -0.05) is 13.3 Å². The lowest BCUT2D eigenvalue weighted by Crippen LogP contribution is -2.22. The molecule has 0 bridgehead atoms. The number of carbonyl (C=O) groups excluding carboxylic acids is 3. The first-order valence-corrected chi connectivity index (χ1v) is 9.49. The van der Waals surface area contributed by atoms with E-state index in [-0.39, 0.29) is 11.1 Å². The highest BCUT2D eigenvalue weighted by molar-refractivity contribution is 7.14. The monoisotopic (exact) mass is 406 g/mol. The van der Waals surface area contributed by atoms with Gasteiger partial charge >= 0.3 is 5.97 Å². The van der Waals surface area contributed by atoms with Crippen LogP contribution in [0.25, 0.3) is 0 Å². The van der Waals surface area contributed by atoms with Crippen LogP contribution in [0.2, 0.25) is 0 Å². The van der Waals surface area contributed by atoms with Crippen molar-refractivity contribution in [1.29, 1.82) is 0 Å². The van der Waals surface area contributed by atoms with Crippen molar-refractivity contribution in [3.63, 3.8) is 0 Å². The molecule has 0 saturated heterocycles. The molecule has 0 radical (unpaired) electrons. The minimum absolute atomic E-state index is 0.202.